The molecule has 1 aliphatic heterocycles. The Hall–Kier alpha value is -2.02. The van der Waals surface area contributed by atoms with Gasteiger partial charge in [-0.05, 0) is 37.6 Å². The third-order valence-corrected chi connectivity index (χ3v) is 6.50. The van der Waals surface area contributed by atoms with Gasteiger partial charge in [0.1, 0.15) is 11.2 Å². The van der Waals surface area contributed by atoms with Crippen molar-refractivity contribution in [3.8, 4) is 0 Å². The van der Waals surface area contributed by atoms with Crippen LogP contribution in [0.1, 0.15) is 36.5 Å². The lowest BCUT2D eigenvalue weighted by molar-refractivity contribution is -0.126. The van der Waals surface area contributed by atoms with E-state index in [-0.39, 0.29) is 17.3 Å². The molecule has 1 aliphatic carbocycles. The molecule has 8 heteroatoms. The van der Waals surface area contributed by atoms with Crippen LogP contribution >= 0.6 is 35.0 Å². The largest absolute Gasteiger partial charge is 0.329 e. The van der Waals surface area contributed by atoms with Gasteiger partial charge in [-0.1, -0.05) is 48.1 Å². The summed E-state index contributed by atoms with van der Waals surface area (Å²) in [5, 5.41) is 4.44. The molecule has 1 fully saturated rings. The van der Waals surface area contributed by atoms with Crippen LogP contribution < -0.4 is 0 Å². The molecule has 1 aromatic rings. The highest BCUT2D eigenvalue weighted by molar-refractivity contribution is 8.00. The minimum Gasteiger partial charge on any atom is -0.329 e. The summed E-state index contributed by atoms with van der Waals surface area (Å²) < 4.78 is 16.4. The maximum atomic E-state index is 14.6. The first-order valence-electron chi connectivity index (χ1n) is 9.78. The number of hydrogen-bond donors (Lipinski definition) is 0. The first kappa shape index (κ1) is 23.6. The predicted octanol–water partition coefficient (Wildman–Crippen LogP) is 6.32. The monoisotopic (exact) mass is 479 g/mol. The highest BCUT2D eigenvalue weighted by Gasteiger charge is 2.33. The second kappa shape index (κ2) is 10.5. The van der Waals surface area contributed by atoms with Gasteiger partial charge in [0.15, 0.2) is 0 Å². The van der Waals surface area contributed by atoms with Crippen LogP contribution in [0.4, 0.5) is 4.39 Å². The van der Waals surface area contributed by atoms with Gasteiger partial charge in [0.25, 0.3) is 0 Å². The minimum absolute atomic E-state index is 0.0630. The number of carbonyl (C=O) groups excluding carboxylic acids is 1. The van der Waals surface area contributed by atoms with Crippen LogP contribution in [0, 0.1) is 0 Å². The van der Waals surface area contributed by atoms with E-state index in [0.29, 0.717) is 22.1 Å². The topological polar surface area (TPSA) is 38.1 Å². The number of nitrogens with zero attached hydrogens (tertiary/aromatic N) is 3. The maximum absolute atomic E-state index is 14.6. The number of amides is 1. The van der Waals surface area contributed by atoms with E-state index in [1.807, 2.05) is 47.3 Å². The summed E-state index contributed by atoms with van der Waals surface area (Å²) >= 11 is 13.4. The Morgan fingerprint density at radius 3 is 2.52 bits per heavy atom. The second-order valence-electron chi connectivity index (χ2n) is 7.30. The van der Waals surface area contributed by atoms with Gasteiger partial charge in [-0.15, -0.1) is 23.4 Å². The van der Waals surface area contributed by atoms with Crippen molar-refractivity contribution in [3.05, 3.63) is 83.0 Å². The Morgan fingerprint density at radius 2 is 1.94 bits per heavy atom. The summed E-state index contributed by atoms with van der Waals surface area (Å²) in [6, 6.07) is -0.0767. The standard InChI is InChI=1S/C23H24Cl2FN3OS/c1-15(10-18(26)12-17(25)11-16(2)24)22-20(23-28(3)21(30)14-31-23)13-29(27-22)19-8-6-4-5-7-9-19/h4-13,17,19,23H,14H2,1-3H3/b15-10+,16-11+,18-12-. The smallest absolute Gasteiger partial charge is 0.233 e. The summed E-state index contributed by atoms with van der Waals surface area (Å²) in [6.45, 7) is 3.49. The quantitative estimate of drug-likeness (QED) is 0.354. The van der Waals surface area contributed by atoms with E-state index in [2.05, 4.69) is 0 Å². The van der Waals surface area contributed by atoms with Gasteiger partial charge in [-0.3, -0.25) is 9.48 Å². The van der Waals surface area contributed by atoms with Crippen LogP contribution in [0.25, 0.3) is 5.57 Å². The molecule has 4 nitrogen and oxygen atoms in total. The van der Waals surface area contributed by atoms with Crippen molar-refractivity contribution >= 4 is 46.4 Å². The summed E-state index contributed by atoms with van der Waals surface area (Å²) in [4.78, 5) is 13.8. The molecule has 0 saturated carbocycles. The molecule has 0 radical (unpaired) electrons. The number of hydrogen-bond acceptors (Lipinski definition) is 3. The van der Waals surface area contributed by atoms with E-state index < -0.39 is 11.2 Å². The molecule has 1 aromatic heterocycles. The van der Waals surface area contributed by atoms with E-state index in [1.165, 1.54) is 23.9 Å². The molecule has 1 amide bonds. The van der Waals surface area contributed by atoms with Crippen LogP contribution in [0.2, 0.25) is 0 Å². The number of carbonyl (C=O) groups is 1. The summed E-state index contributed by atoms with van der Waals surface area (Å²) in [6.07, 6.45) is 18.1. The summed E-state index contributed by atoms with van der Waals surface area (Å²) in [5.74, 6) is -0.00390. The maximum Gasteiger partial charge on any atom is 0.233 e. The molecule has 2 unspecified atom stereocenters. The van der Waals surface area contributed by atoms with E-state index >= 15 is 0 Å². The lowest BCUT2D eigenvalue weighted by atomic mass is 10.1. The molecule has 1 saturated heterocycles. The molecular formula is C23H24Cl2FN3OS. The molecule has 0 N–H and O–H groups in total. The first-order valence-corrected chi connectivity index (χ1v) is 11.6. The Kier molecular flexibility index (Phi) is 8.03. The normalized spacial score (nSPS) is 21.9. The third kappa shape index (κ3) is 6.03. The number of alkyl halides is 1. The Labute approximate surface area is 196 Å². The fourth-order valence-electron chi connectivity index (χ4n) is 3.31. The Bertz CT molecular complexity index is 1000. The summed E-state index contributed by atoms with van der Waals surface area (Å²) in [7, 11) is 1.78. The van der Waals surface area contributed by atoms with Crippen LogP contribution in [-0.2, 0) is 4.79 Å². The van der Waals surface area contributed by atoms with Gasteiger partial charge >= 0.3 is 0 Å². The van der Waals surface area contributed by atoms with E-state index in [4.69, 9.17) is 28.3 Å². The number of rotatable bonds is 6. The average Bonchev–Trinajstić information content (AvgIpc) is 3.14. The van der Waals surface area contributed by atoms with Crippen molar-refractivity contribution in [3.63, 3.8) is 0 Å². The van der Waals surface area contributed by atoms with Crippen LogP contribution in [0.5, 0.6) is 0 Å². The van der Waals surface area contributed by atoms with Crippen molar-refractivity contribution in [2.45, 2.75) is 30.6 Å². The lowest BCUT2D eigenvalue weighted by Crippen LogP contribution is -2.23. The minimum atomic E-state index is -0.651. The van der Waals surface area contributed by atoms with Gasteiger partial charge in [-0.25, -0.2) is 4.39 Å². The Morgan fingerprint density at radius 1 is 1.26 bits per heavy atom. The van der Waals surface area contributed by atoms with E-state index in [1.54, 1.807) is 31.9 Å². The number of thioether (sulfide) groups is 1. The molecule has 31 heavy (non-hydrogen) atoms. The Balaban J connectivity index is 1.99. The zero-order valence-corrected chi connectivity index (χ0v) is 19.8. The average molecular weight is 480 g/mol. The van der Waals surface area contributed by atoms with Gasteiger partial charge < -0.3 is 4.90 Å². The molecule has 2 atom stereocenters. The molecular weight excluding hydrogens is 456 g/mol. The van der Waals surface area contributed by atoms with Crippen LogP contribution in [0.3, 0.4) is 0 Å². The molecule has 0 bridgehead atoms. The third-order valence-electron chi connectivity index (χ3n) is 4.83. The molecule has 164 valence electrons. The van der Waals surface area contributed by atoms with Gasteiger partial charge in [0, 0.05) is 23.8 Å². The van der Waals surface area contributed by atoms with Gasteiger partial charge in [0.2, 0.25) is 5.91 Å². The zero-order valence-electron chi connectivity index (χ0n) is 17.5. The van der Waals surface area contributed by atoms with Crippen molar-refractivity contribution < 1.29 is 9.18 Å². The molecule has 2 heterocycles. The molecule has 0 spiro atoms. The molecule has 0 aromatic carbocycles. The fourth-order valence-corrected chi connectivity index (χ4v) is 5.01. The zero-order chi connectivity index (χ0) is 22.5. The first-order chi connectivity index (χ1) is 14.8. The van der Waals surface area contributed by atoms with Crippen molar-refractivity contribution in [2.75, 3.05) is 12.8 Å². The van der Waals surface area contributed by atoms with Crippen LogP contribution in [-0.4, -0.2) is 38.8 Å². The number of halogens is 3. The van der Waals surface area contributed by atoms with Gasteiger partial charge in [-0.2, -0.15) is 5.10 Å². The van der Waals surface area contributed by atoms with Crippen molar-refractivity contribution in [2.24, 2.45) is 0 Å². The fraction of sp³-hybridized carbons (Fsp3) is 0.304. The lowest BCUT2D eigenvalue weighted by Gasteiger charge is -2.18. The second-order valence-corrected chi connectivity index (χ2v) is 9.47. The number of allylic oxidation sites excluding steroid dienone is 12. The van der Waals surface area contributed by atoms with Crippen LogP contribution in [0.15, 0.2) is 71.7 Å². The molecule has 3 rings (SSSR count). The SMILES string of the molecule is C/C(Cl)=C\C(Cl)/C=C(F)/C=C(\C)c1nn(C2C=CC=CC=C2)cc1C1SCC(=O)N1C. The predicted molar refractivity (Wildman–Crippen MR) is 129 cm³/mol. The summed E-state index contributed by atoms with van der Waals surface area (Å²) in [5.41, 5.74) is 2.17. The highest BCUT2D eigenvalue weighted by Crippen LogP contribution is 2.41. The van der Waals surface area contributed by atoms with Crippen molar-refractivity contribution in [1.82, 2.24) is 14.7 Å². The van der Waals surface area contributed by atoms with Gasteiger partial charge in [0.05, 0.1) is 22.9 Å². The number of aromatic nitrogens is 2. The van der Waals surface area contributed by atoms with Crippen molar-refractivity contribution in [1.29, 1.82) is 0 Å². The highest BCUT2D eigenvalue weighted by atomic mass is 35.5. The van der Waals surface area contributed by atoms with E-state index in [0.717, 1.165) is 5.56 Å². The van der Waals surface area contributed by atoms with E-state index in [9.17, 15) is 9.18 Å². The molecule has 2 aliphatic rings.